The predicted octanol–water partition coefficient (Wildman–Crippen LogP) is 5.69. The summed E-state index contributed by atoms with van der Waals surface area (Å²) in [6.45, 7) is 3.58. The number of hydrogen-bond donors (Lipinski definition) is 0. The summed E-state index contributed by atoms with van der Waals surface area (Å²) >= 11 is 0. The monoisotopic (exact) mass is 484 g/mol. The van der Waals surface area contributed by atoms with Crippen molar-refractivity contribution in [2.45, 2.75) is 38.2 Å². The van der Waals surface area contributed by atoms with Crippen LogP contribution in [0.4, 0.5) is 0 Å². The normalized spacial score (nSPS) is 19.3. The molecule has 36 heavy (non-hydrogen) atoms. The highest BCUT2D eigenvalue weighted by atomic mass is 16.8. The minimum absolute atomic E-state index is 0.152. The molecule has 0 spiro atoms. The molecule has 1 aromatic heterocycles. The van der Waals surface area contributed by atoms with Crippen LogP contribution in [-0.2, 0) is 22.4 Å². The molecule has 2 heterocycles. The van der Waals surface area contributed by atoms with E-state index in [1.165, 1.54) is 22.3 Å². The van der Waals surface area contributed by atoms with Crippen LogP contribution in [0, 0.1) is 6.92 Å². The second-order valence-corrected chi connectivity index (χ2v) is 9.25. The Morgan fingerprint density at radius 2 is 1.64 bits per heavy atom. The molecule has 0 radical (unpaired) electrons. The highest BCUT2D eigenvalue weighted by Gasteiger charge is 2.42. The summed E-state index contributed by atoms with van der Waals surface area (Å²) < 4.78 is 26.1. The molecule has 3 aromatic carbocycles. The molecule has 5 rings (SSSR count). The molecular weight excluding hydrogens is 452 g/mol. The van der Waals surface area contributed by atoms with E-state index in [2.05, 4.69) is 60.4 Å². The third kappa shape index (κ3) is 5.96. The molecule has 6 nitrogen and oxygen atoms in total. The zero-order chi connectivity index (χ0) is 24.8. The van der Waals surface area contributed by atoms with E-state index < -0.39 is 5.79 Å². The van der Waals surface area contributed by atoms with Crippen molar-refractivity contribution in [3.05, 3.63) is 103 Å². The van der Waals surface area contributed by atoms with Crippen molar-refractivity contribution in [1.29, 1.82) is 0 Å². The largest absolute Gasteiger partial charge is 0.497 e. The van der Waals surface area contributed by atoms with Crippen LogP contribution in [0.3, 0.4) is 0 Å². The van der Waals surface area contributed by atoms with E-state index in [-0.39, 0.29) is 6.10 Å². The maximum Gasteiger partial charge on any atom is 0.187 e. The molecule has 186 valence electrons. The van der Waals surface area contributed by atoms with E-state index in [9.17, 15) is 0 Å². The Hall–Kier alpha value is -3.61. The molecule has 4 aromatic rings. The molecular formula is C30H32N2O4. The average molecular weight is 485 g/mol. The van der Waals surface area contributed by atoms with Gasteiger partial charge in [0.25, 0.3) is 0 Å². The van der Waals surface area contributed by atoms with Crippen LogP contribution < -0.4 is 9.47 Å². The van der Waals surface area contributed by atoms with Crippen molar-refractivity contribution in [1.82, 2.24) is 9.55 Å². The summed E-state index contributed by atoms with van der Waals surface area (Å²) in [5.41, 5.74) is 4.83. The number of methoxy groups -OCH3 is 1. The molecule has 6 heteroatoms. The lowest BCUT2D eigenvalue weighted by Crippen LogP contribution is -2.37. The van der Waals surface area contributed by atoms with Crippen LogP contribution >= 0.6 is 0 Å². The van der Waals surface area contributed by atoms with Gasteiger partial charge in [0, 0.05) is 18.8 Å². The van der Waals surface area contributed by atoms with Crippen LogP contribution in [0.25, 0.3) is 11.1 Å². The number of hydrogen-bond acceptors (Lipinski definition) is 5. The molecule has 0 amide bonds. The Labute approximate surface area is 212 Å². The molecule has 1 aliphatic rings. The Kier molecular flexibility index (Phi) is 7.35. The van der Waals surface area contributed by atoms with E-state index in [4.69, 9.17) is 18.9 Å². The number of imidazole rings is 1. The van der Waals surface area contributed by atoms with E-state index in [1.54, 1.807) is 19.6 Å². The molecule has 2 unspecified atom stereocenters. The van der Waals surface area contributed by atoms with Crippen LogP contribution in [0.5, 0.6) is 11.5 Å². The topological polar surface area (TPSA) is 54.7 Å². The number of ether oxygens (including phenoxy) is 4. The first-order chi connectivity index (χ1) is 17.6. The lowest BCUT2D eigenvalue weighted by molar-refractivity contribution is -0.184. The summed E-state index contributed by atoms with van der Waals surface area (Å²) in [5.74, 6) is 0.938. The average Bonchev–Trinajstić information content (AvgIpc) is 3.58. The minimum atomic E-state index is -0.732. The smallest absolute Gasteiger partial charge is 0.187 e. The van der Waals surface area contributed by atoms with Crippen molar-refractivity contribution < 1.29 is 18.9 Å². The van der Waals surface area contributed by atoms with Gasteiger partial charge in [0.15, 0.2) is 5.79 Å². The van der Waals surface area contributed by atoms with Gasteiger partial charge in [0.1, 0.15) is 24.2 Å². The van der Waals surface area contributed by atoms with Gasteiger partial charge in [0.05, 0.1) is 26.6 Å². The van der Waals surface area contributed by atoms with E-state index in [1.807, 2.05) is 35.0 Å². The first kappa shape index (κ1) is 24.1. The first-order valence-corrected chi connectivity index (χ1v) is 12.3. The van der Waals surface area contributed by atoms with Crippen molar-refractivity contribution in [3.8, 4) is 22.6 Å². The maximum absolute atomic E-state index is 6.49. The standard InChI is InChI=1S/C30H32N2O4/c1-23-3-7-25(8-4-23)26-9-13-28(14-10-26)34-19-29-20-35-30(36-29,21-32-18-17-31-22-32)16-15-24-5-11-27(33-2)12-6-24/h3-14,17-18,22,29H,15-16,19-21H2,1-2H3. The molecule has 1 aliphatic heterocycles. The van der Waals surface area contributed by atoms with Crippen LogP contribution in [0.1, 0.15) is 17.5 Å². The minimum Gasteiger partial charge on any atom is -0.497 e. The fraction of sp³-hybridized carbons (Fsp3) is 0.300. The first-order valence-electron chi connectivity index (χ1n) is 12.3. The van der Waals surface area contributed by atoms with E-state index in [0.29, 0.717) is 19.8 Å². The lowest BCUT2D eigenvalue weighted by atomic mass is 10.0. The second kappa shape index (κ2) is 11.0. The number of nitrogens with zero attached hydrogens (tertiary/aromatic N) is 2. The van der Waals surface area contributed by atoms with Gasteiger partial charge in [-0.2, -0.15) is 0 Å². The number of rotatable bonds is 10. The third-order valence-corrected chi connectivity index (χ3v) is 6.53. The summed E-state index contributed by atoms with van der Waals surface area (Å²) in [7, 11) is 1.68. The van der Waals surface area contributed by atoms with Gasteiger partial charge >= 0.3 is 0 Å². The van der Waals surface area contributed by atoms with Gasteiger partial charge in [-0.05, 0) is 54.3 Å². The highest BCUT2D eigenvalue weighted by Crippen LogP contribution is 2.32. The summed E-state index contributed by atoms with van der Waals surface area (Å²) in [6, 6.07) is 24.9. The predicted molar refractivity (Wildman–Crippen MR) is 139 cm³/mol. The van der Waals surface area contributed by atoms with Crippen molar-refractivity contribution >= 4 is 0 Å². The SMILES string of the molecule is COc1ccc(CCC2(Cn3ccnc3)OCC(COc3ccc(-c4ccc(C)cc4)cc3)O2)cc1. The molecule has 0 saturated carbocycles. The maximum atomic E-state index is 6.49. The Bertz CT molecular complexity index is 1220. The molecule has 0 bridgehead atoms. The fourth-order valence-corrected chi connectivity index (χ4v) is 4.46. The van der Waals surface area contributed by atoms with Crippen molar-refractivity contribution in [2.24, 2.45) is 0 Å². The summed E-state index contributed by atoms with van der Waals surface area (Å²) in [5, 5.41) is 0. The van der Waals surface area contributed by atoms with Gasteiger partial charge in [-0.15, -0.1) is 0 Å². The van der Waals surface area contributed by atoms with Crippen LogP contribution in [-0.4, -0.2) is 41.8 Å². The molecule has 1 saturated heterocycles. The number of aromatic nitrogens is 2. The van der Waals surface area contributed by atoms with Gasteiger partial charge in [-0.1, -0.05) is 54.1 Å². The lowest BCUT2D eigenvalue weighted by Gasteiger charge is -2.28. The van der Waals surface area contributed by atoms with Crippen LogP contribution in [0.2, 0.25) is 0 Å². The van der Waals surface area contributed by atoms with Crippen LogP contribution in [0.15, 0.2) is 91.5 Å². The highest BCUT2D eigenvalue weighted by molar-refractivity contribution is 5.64. The van der Waals surface area contributed by atoms with Gasteiger partial charge in [-0.3, -0.25) is 0 Å². The Morgan fingerprint density at radius 1 is 0.944 bits per heavy atom. The number of benzene rings is 3. The Balaban J connectivity index is 1.20. The van der Waals surface area contributed by atoms with E-state index in [0.717, 1.165) is 24.3 Å². The zero-order valence-corrected chi connectivity index (χ0v) is 20.8. The number of aryl methyl sites for hydroxylation is 2. The van der Waals surface area contributed by atoms with Crippen molar-refractivity contribution in [3.63, 3.8) is 0 Å². The molecule has 1 fully saturated rings. The molecule has 0 N–H and O–H groups in total. The zero-order valence-electron chi connectivity index (χ0n) is 20.8. The Morgan fingerprint density at radius 3 is 2.31 bits per heavy atom. The van der Waals surface area contributed by atoms with Gasteiger partial charge < -0.3 is 23.5 Å². The molecule has 0 aliphatic carbocycles. The fourth-order valence-electron chi connectivity index (χ4n) is 4.46. The van der Waals surface area contributed by atoms with Gasteiger partial charge in [0.2, 0.25) is 0 Å². The quantitative estimate of drug-likeness (QED) is 0.289. The van der Waals surface area contributed by atoms with E-state index >= 15 is 0 Å². The molecule has 2 atom stereocenters. The summed E-state index contributed by atoms with van der Waals surface area (Å²) in [6.07, 6.45) is 6.89. The third-order valence-electron chi connectivity index (χ3n) is 6.53. The summed E-state index contributed by atoms with van der Waals surface area (Å²) in [4.78, 5) is 4.17. The second-order valence-electron chi connectivity index (χ2n) is 9.25. The van der Waals surface area contributed by atoms with Gasteiger partial charge in [-0.25, -0.2) is 4.98 Å². The van der Waals surface area contributed by atoms with Crippen molar-refractivity contribution in [2.75, 3.05) is 20.3 Å².